The number of sulfonamides is 1. The third-order valence-corrected chi connectivity index (χ3v) is 6.43. The number of piperidine rings is 1. The summed E-state index contributed by atoms with van der Waals surface area (Å²) in [7, 11) is -2.13. The maximum absolute atomic E-state index is 12.8. The third-order valence-electron chi connectivity index (χ3n) is 4.47. The van der Waals surface area contributed by atoms with Crippen LogP contribution in [0.4, 0.5) is 0 Å². The number of carbonyl (C=O) groups excluding carboxylic acids is 1. The Kier molecular flexibility index (Phi) is 6.18. The Morgan fingerprint density at radius 2 is 1.84 bits per heavy atom. The number of nitrogens with zero attached hydrogens (tertiary/aromatic N) is 2. The van der Waals surface area contributed by atoms with Crippen LogP contribution in [0.5, 0.6) is 0 Å². The number of rotatable bonds is 6. The lowest BCUT2D eigenvalue weighted by molar-refractivity contribution is -0.135. The van der Waals surface area contributed by atoms with Gasteiger partial charge in [-0.1, -0.05) is 19.1 Å². The molecule has 0 radical (unpaired) electrons. The van der Waals surface area contributed by atoms with E-state index in [9.17, 15) is 23.1 Å². The standard InChI is InChI=1S/C17H24N2O5S/c1-3-10-18(2)16(20)13-8-11-19(12-9-13)25(23,24)15-7-5-4-6-14(15)17(21)22/h4-7,13H,3,8-12H2,1-2H3,(H,21,22). The first-order valence-corrected chi connectivity index (χ1v) is 9.80. The molecular formula is C17H24N2O5S. The van der Waals surface area contributed by atoms with E-state index >= 15 is 0 Å². The molecule has 0 aromatic heterocycles. The van der Waals surface area contributed by atoms with Crippen LogP contribution in [0.2, 0.25) is 0 Å². The number of hydrogen-bond donors (Lipinski definition) is 1. The largest absolute Gasteiger partial charge is 0.478 e. The maximum atomic E-state index is 12.8. The number of carboxylic acid groups (broad SMARTS) is 1. The fraction of sp³-hybridized carbons (Fsp3) is 0.529. The molecule has 0 saturated carbocycles. The highest BCUT2D eigenvalue weighted by atomic mass is 32.2. The first-order chi connectivity index (χ1) is 11.8. The Hall–Kier alpha value is -1.93. The second-order valence-electron chi connectivity index (χ2n) is 6.24. The molecule has 1 amide bonds. The van der Waals surface area contributed by atoms with Crippen LogP contribution in [-0.2, 0) is 14.8 Å². The molecule has 0 bridgehead atoms. The van der Waals surface area contributed by atoms with E-state index in [4.69, 9.17) is 0 Å². The zero-order valence-electron chi connectivity index (χ0n) is 14.5. The molecule has 7 nitrogen and oxygen atoms in total. The number of hydrogen-bond acceptors (Lipinski definition) is 4. The van der Waals surface area contributed by atoms with Crippen LogP contribution >= 0.6 is 0 Å². The average molecular weight is 368 g/mol. The van der Waals surface area contributed by atoms with E-state index in [1.165, 1.54) is 28.6 Å². The minimum absolute atomic E-state index is 0.0461. The van der Waals surface area contributed by atoms with Gasteiger partial charge in [0.25, 0.3) is 0 Å². The van der Waals surface area contributed by atoms with Crippen LogP contribution in [0.25, 0.3) is 0 Å². The number of carbonyl (C=O) groups is 2. The normalized spacial score (nSPS) is 16.6. The maximum Gasteiger partial charge on any atom is 0.337 e. The molecule has 8 heteroatoms. The van der Waals surface area contributed by atoms with Crippen molar-refractivity contribution in [2.75, 3.05) is 26.7 Å². The Balaban J connectivity index is 2.12. The molecule has 1 aliphatic rings. The number of benzene rings is 1. The van der Waals surface area contributed by atoms with Crippen molar-refractivity contribution in [1.82, 2.24) is 9.21 Å². The highest BCUT2D eigenvalue weighted by molar-refractivity contribution is 7.89. The molecule has 0 unspecified atom stereocenters. The number of amides is 1. The van der Waals surface area contributed by atoms with Gasteiger partial charge in [-0.2, -0.15) is 4.31 Å². The van der Waals surface area contributed by atoms with Gasteiger partial charge in [0.15, 0.2) is 0 Å². The molecule has 0 spiro atoms. The number of carboxylic acids is 1. The van der Waals surface area contributed by atoms with E-state index in [0.717, 1.165) is 6.42 Å². The molecule has 1 heterocycles. The van der Waals surface area contributed by atoms with Crippen molar-refractivity contribution in [3.05, 3.63) is 29.8 Å². The molecule has 1 aromatic rings. The lowest BCUT2D eigenvalue weighted by Crippen LogP contribution is -2.43. The summed E-state index contributed by atoms with van der Waals surface area (Å²) in [6.07, 6.45) is 1.77. The van der Waals surface area contributed by atoms with Crippen molar-refractivity contribution >= 4 is 21.9 Å². The van der Waals surface area contributed by atoms with Crippen LogP contribution in [0.3, 0.4) is 0 Å². The Labute approximate surface area is 148 Å². The van der Waals surface area contributed by atoms with E-state index in [2.05, 4.69) is 0 Å². The molecule has 2 rings (SSSR count). The summed E-state index contributed by atoms with van der Waals surface area (Å²) in [4.78, 5) is 25.1. The summed E-state index contributed by atoms with van der Waals surface area (Å²) in [6.45, 7) is 3.11. The van der Waals surface area contributed by atoms with Gasteiger partial charge in [0.2, 0.25) is 15.9 Å². The van der Waals surface area contributed by atoms with Crippen LogP contribution < -0.4 is 0 Å². The van der Waals surface area contributed by atoms with Gasteiger partial charge < -0.3 is 10.0 Å². The lowest BCUT2D eigenvalue weighted by Gasteiger charge is -2.32. The molecule has 25 heavy (non-hydrogen) atoms. The van der Waals surface area contributed by atoms with Crippen LogP contribution in [0.15, 0.2) is 29.2 Å². The zero-order chi connectivity index (χ0) is 18.6. The molecule has 1 aliphatic heterocycles. The van der Waals surface area contributed by atoms with E-state index in [-0.39, 0.29) is 35.4 Å². The highest BCUT2D eigenvalue weighted by Crippen LogP contribution is 2.26. The summed E-state index contributed by atoms with van der Waals surface area (Å²) >= 11 is 0. The molecule has 1 aromatic carbocycles. The Bertz CT molecular complexity index is 739. The Morgan fingerprint density at radius 3 is 2.40 bits per heavy atom. The average Bonchev–Trinajstić information content (AvgIpc) is 2.61. The fourth-order valence-corrected chi connectivity index (χ4v) is 4.76. The van der Waals surface area contributed by atoms with Crippen molar-refractivity contribution in [2.24, 2.45) is 5.92 Å². The van der Waals surface area contributed by atoms with Gasteiger partial charge >= 0.3 is 5.97 Å². The smallest absolute Gasteiger partial charge is 0.337 e. The molecule has 1 saturated heterocycles. The van der Waals surface area contributed by atoms with Gasteiger partial charge in [0, 0.05) is 32.6 Å². The highest BCUT2D eigenvalue weighted by Gasteiger charge is 2.34. The predicted molar refractivity (Wildman–Crippen MR) is 92.8 cm³/mol. The van der Waals surface area contributed by atoms with Crippen molar-refractivity contribution in [3.63, 3.8) is 0 Å². The molecule has 1 N–H and O–H groups in total. The van der Waals surface area contributed by atoms with Gasteiger partial charge in [-0.25, -0.2) is 13.2 Å². The first-order valence-electron chi connectivity index (χ1n) is 8.36. The lowest BCUT2D eigenvalue weighted by atomic mass is 9.96. The summed E-state index contributed by atoms with van der Waals surface area (Å²) in [6, 6.07) is 5.60. The van der Waals surface area contributed by atoms with Crippen molar-refractivity contribution in [3.8, 4) is 0 Å². The SMILES string of the molecule is CCCN(C)C(=O)C1CCN(S(=O)(=O)c2ccccc2C(=O)O)CC1. The second-order valence-corrected chi connectivity index (χ2v) is 8.15. The van der Waals surface area contributed by atoms with Gasteiger partial charge in [0.1, 0.15) is 0 Å². The van der Waals surface area contributed by atoms with Gasteiger partial charge in [-0.3, -0.25) is 4.79 Å². The van der Waals surface area contributed by atoms with Crippen LogP contribution in [0, 0.1) is 5.92 Å². The van der Waals surface area contributed by atoms with Crippen molar-refractivity contribution < 1.29 is 23.1 Å². The summed E-state index contributed by atoms with van der Waals surface area (Å²) < 4.78 is 26.9. The minimum atomic E-state index is -3.89. The van der Waals surface area contributed by atoms with E-state index in [1.54, 1.807) is 11.9 Å². The molecular weight excluding hydrogens is 344 g/mol. The van der Waals surface area contributed by atoms with Crippen molar-refractivity contribution in [2.45, 2.75) is 31.1 Å². The van der Waals surface area contributed by atoms with Gasteiger partial charge in [-0.15, -0.1) is 0 Å². The van der Waals surface area contributed by atoms with E-state index < -0.39 is 16.0 Å². The topological polar surface area (TPSA) is 95.0 Å². The fourth-order valence-electron chi connectivity index (χ4n) is 3.11. The molecule has 138 valence electrons. The summed E-state index contributed by atoms with van der Waals surface area (Å²) in [5.41, 5.74) is -0.233. The molecule has 0 atom stereocenters. The summed E-state index contributed by atoms with van der Waals surface area (Å²) in [5, 5.41) is 9.22. The monoisotopic (exact) mass is 368 g/mol. The third kappa shape index (κ3) is 4.19. The second kappa shape index (κ2) is 7.97. The Morgan fingerprint density at radius 1 is 1.24 bits per heavy atom. The quantitative estimate of drug-likeness (QED) is 0.824. The molecule has 0 aliphatic carbocycles. The number of aromatic carboxylic acids is 1. The van der Waals surface area contributed by atoms with Crippen LogP contribution in [-0.4, -0.2) is 61.3 Å². The predicted octanol–water partition coefficient (Wildman–Crippen LogP) is 1.65. The zero-order valence-corrected chi connectivity index (χ0v) is 15.3. The van der Waals surface area contributed by atoms with Gasteiger partial charge in [-0.05, 0) is 31.4 Å². The van der Waals surface area contributed by atoms with Crippen LogP contribution in [0.1, 0.15) is 36.5 Å². The first kappa shape index (κ1) is 19.4. The minimum Gasteiger partial charge on any atom is -0.478 e. The van der Waals surface area contributed by atoms with E-state index in [1.807, 2.05) is 6.92 Å². The summed E-state index contributed by atoms with van der Waals surface area (Å²) in [5.74, 6) is -1.41. The molecule has 1 fully saturated rings. The van der Waals surface area contributed by atoms with Crippen molar-refractivity contribution in [1.29, 1.82) is 0 Å². The van der Waals surface area contributed by atoms with Gasteiger partial charge in [0.05, 0.1) is 10.5 Å². The van der Waals surface area contributed by atoms with E-state index in [0.29, 0.717) is 19.4 Å².